The Morgan fingerprint density at radius 2 is 2.00 bits per heavy atom. The molecule has 1 fully saturated rings. The molecule has 2 aromatic rings. The molecule has 2 aromatic carbocycles. The summed E-state index contributed by atoms with van der Waals surface area (Å²) in [5.41, 5.74) is 4.09. The number of hydrogen-bond acceptors (Lipinski definition) is 3. The van der Waals surface area contributed by atoms with E-state index in [0.29, 0.717) is 17.8 Å². The molecule has 1 unspecified atom stereocenters. The van der Waals surface area contributed by atoms with Crippen molar-refractivity contribution in [2.24, 2.45) is 5.92 Å². The fourth-order valence-corrected chi connectivity index (χ4v) is 3.05. The third-order valence-electron chi connectivity index (χ3n) is 4.62. The highest BCUT2D eigenvalue weighted by molar-refractivity contribution is 6.04. The van der Waals surface area contributed by atoms with Gasteiger partial charge in [0.2, 0.25) is 11.8 Å². The van der Waals surface area contributed by atoms with Crippen molar-refractivity contribution < 1.29 is 9.59 Å². The highest BCUT2D eigenvalue weighted by atomic mass is 16.2. The maximum Gasteiger partial charge on any atom is 0.229 e. The molecule has 126 valence electrons. The molecule has 1 atom stereocenters. The molecular weight excluding hydrogens is 314 g/mol. The zero-order chi connectivity index (χ0) is 18.0. The molecule has 1 saturated heterocycles. The smallest absolute Gasteiger partial charge is 0.229 e. The van der Waals surface area contributed by atoms with E-state index in [-0.39, 0.29) is 18.2 Å². The number of rotatable bonds is 3. The molecule has 5 heteroatoms. The fraction of sp³-hybridized carbons (Fsp3) is 0.250. The Morgan fingerprint density at radius 1 is 1.24 bits per heavy atom. The van der Waals surface area contributed by atoms with E-state index >= 15 is 0 Å². The summed E-state index contributed by atoms with van der Waals surface area (Å²) >= 11 is 0. The van der Waals surface area contributed by atoms with Gasteiger partial charge in [-0.3, -0.25) is 9.59 Å². The molecule has 3 rings (SSSR count). The van der Waals surface area contributed by atoms with Crippen molar-refractivity contribution >= 4 is 23.2 Å². The van der Waals surface area contributed by atoms with Crippen LogP contribution in [0, 0.1) is 31.1 Å². The summed E-state index contributed by atoms with van der Waals surface area (Å²) in [6.45, 7) is 4.36. The number of aryl methyl sites for hydroxylation is 1. The van der Waals surface area contributed by atoms with E-state index < -0.39 is 5.92 Å². The molecule has 0 spiro atoms. The van der Waals surface area contributed by atoms with Crippen molar-refractivity contribution in [2.75, 3.05) is 16.8 Å². The number of carbonyl (C=O) groups is 2. The lowest BCUT2D eigenvalue weighted by Gasteiger charge is -2.20. The number of nitriles is 1. The van der Waals surface area contributed by atoms with Gasteiger partial charge >= 0.3 is 0 Å². The monoisotopic (exact) mass is 333 g/mol. The second-order valence-electron chi connectivity index (χ2n) is 6.31. The first-order valence-electron chi connectivity index (χ1n) is 8.17. The minimum Gasteiger partial charge on any atom is -0.326 e. The molecule has 0 radical (unpaired) electrons. The molecule has 1 N–H and O–H groups in total. The van der Waals surface area contributed by atoms with E-state index in [2.05, 4.69) is 5.32 Å². The summed E-state index contributed by atoms with van der Waals surface area (Å²) in [5, 5.41) is 11.7. The second-order valence-corrected chi connectivity index (χ2v) is 6.31. The van der Waals surface area contributed by atoms with Gasteiger partial charge in [0.25, 0.3) is 0 Å². The van der Waals surface area contributed by atoms with Crippen LogP contribution in [-0.4, -0.2) is 18.4 Å². The van der Waals surface area contributed by atoms with E-state index in [1.54, 1.807) is 29.2 Å². The van der Waals surface area contributed by atoms with Crippen LogP contribution in [0.2, 0.25) is 0 Å². The van der Waals surface area contributed by atoms with Gasteiger partial charge in [-0.2, -0.15) is 5.26 Å². The molecule has 5 nitrogen and oxygen atoms in total. The third-order valence-corrected chi connectivity index (χ3v) is 4.62. The largest absolute Gasteiger partial charge is 0.326 e. The molecule has 0 bridgehead atoms. The Morgan fingerprint density at radius 3 is 2.76 bits per heavy atom. The highest BCUT2D eigenvalue weighted by Gasteiger charge is 2.35. The molecule has 1 heterocycles. The minimum atomic E-state index is -0.404. The van der Waals surface area contributed by atoms with Crippen molar-refractivity contribution in [1.82, 2.24) is 0 Å². The van der Waals surface area contributed by atoms with Crippen LogP contribution in [0.25, 0.3) is 0 Å². The van der Waals surface area contributed by atoms with Crippen molar-refractivity contribution in [1.29, 1.82) is 5.26 Å². The van der Waals surface area contributed by atoms with Crippen molar-refractivity contribution in [3.63, 3.8) is 0 Å². The Hall–Kier alpha value is -3.13. The zero-order valence-corrected chi connectivity index (χ0v) is 14.2. The Kier molecular flexibility index (Phi) is 4.53. The first-order valence-corrected chi connectivity index (χ1v) is 8.17. The first kappa shape index (κ1) is 16.7. The lowest BCUT2D eigenvalue weighted by molar-refractivity contribution is -0.122. The third kappa shape index (κ3) is 3.38. The van der Waals surface area contributed by atoms with Crippen LogP contribution >= 0.6 is 0 Å². The van der Waals surface area contributed by atoms with Crippen LogP contribution in [0.15, 0.2) is 42.5 Å². The SMILES string of the molecule is Cc1cccc(N2CC(C(=O)Nc3cccc(C#N)c3)CC2=O)c1C. The van der Waals surface area contributed by atoms with E-state index in [9.17, 15) is 9.59 Å². The van der Waals surface area contributed by atoms with Crippen LogP contribution in [0.1, 0.15) is 23.1 Å². The molecular formula is C20H19N3O2. The predicted octanol–water partition coefficient (Wildman–Crippen LogP) is 3.17. The summed E-state index contributed by atoms with van der Waals surface area (Å²) in [6, 6.07) is 14.6. The molecule has 1 aliphatic rings. The fourth-order valence-electron chi connectivity index (χ4n) is 3.05. The normalized spacial score (nSPS) is 16.6. The molecule has 0 aliphatic carbocycles. The summed E-state index contributed by atoms with van der Waals surface area (Å²) in [4.78, 5) is 26.6. The van der Waals surface area contributed by atoms with Gasteiger partial charge in [0.1, 0.15) is 0 Å². The predicted molar refractivity (Wildman–Crippen MR) is 96.2 cm³/mol. The molecule has 25 heavy (non-hydrogen) atoms. The second kappa shape index (κ2) is 6.78. The summed E-state index contributed by atoms with van der Waals surface area (Å²) in [6.07, 6.45) is 0.192. The van der Waals surface area contributed by atoms with Gasteiger partial charge in [0.05, 0.1) is 17.6 Å². The van der Waals surface area contributed by atoms with Crippen LogP contribution < -0.4 is 10.2 Å². The highest BCUT2D eigenvalue weighted by Crippen LogP contribution is 2.30. The van der Waals surface area contributed by atoms with Crippen molar-refractivity contribution in [2.45, 2.75) is 20.3 Å². The van der Waals surface area contributed by atoms with Crippen LogP contribution in [0.3, 0.4) is 0 Å². The number of carbonyl (C=O) groups excluding carboxylic acids is 2. The summed E-state index contributed by atoms with van der Waals surface area (Å²) in [5.74, 6) is -0.644. The van der Waals surface area contributed by atoms with Crippen LogP contribution in [-0.2, 0) is 9.59 Å². The number of anilines is 2. The van der Waals surface area contributed by atoms with E-state index in [1.165, 1.54) is 0 Å². The van der Waals surface area contributed by atoms with Crippen molar-refractivity contribution in [3.05, 3.63) is 59.2 Å². The topological polar surface area (TPSA) is 73.2 Å². The minimum absolute atomic E-state index is 0.0420. The van der Waals surface area contributed by atoms with Crippen LogP contribution in [0.4, 0.5) is 11.4 Å². The van der Waals surface area contributed by atoms with Gasteiger partial charge in [-0.05, 0) is 49.2 Å². The number of benzene rings is 2. The molecule has 0 saturated carbocycles. The maximum absolute atomic E-state index is 12.5. The Balaban J connectivity index is 1.74. The molecule has 1 aliphatic heterocycles. The maximum atomic E-state index is 12.5. The Bertz CT molecular complexity index is 883. The van der Waals surface area contributed by atoms with Gasteiger partial charge in [-0.15, -0.1) is 0 Å². The lowest BCUT2D eigenvalue weighted by Crippen LogP contribution is -2.28. The molecule has 0 aromatic heterocycles. The van der Waals surface area contributed by atoms with Crippen molar-refractivity contribution in [3.8, 4) is 6.07 Å². The zero-order valence-electron chi connectivity index (χ0n) is 14.2. The molecule has 2 amide bonds. The number of hydrogen-bond donors (Lipinski definition) is 1. The number of nitrogens with one attached hydrogen (secondary N) is 1. The number of amides is 2. The quantitative estimate of drug-likeness (QED) is 0.937. The van der Waals surface area contributed by atoms with Gasteiger partial charge in [-0.25, -0.2) is 0 Å². The average molecular weight is 333 g/mol. The average Bonchev–Trinajstić information content (AvgIpc) is 2.99. The van der Waals surface area contributed by atoms with E-state index in [1.807, 2.05) is 38.1 Å². The Labute approximate surface area is 146 Å². The van der Waals surface area contributed by atoms with E-state index in [4.69, 9.17) is 5.26 Å². The van der Waals surface area contributed by atoms with Gasteiger partial charge in [-0.1, -0.05) is 18.2 Å². The first-order chi connectivity index (χ1) is 12.0. The number of nitrogens with zero attached hydrogens (tertiary/aromatic N) is 2. The summed E-state index contributed by atoms with van der Waals surface area (Å²) < 4.78 is 0. The van der Waals surface area contributed by atoms with Gasteiger partial charge in [0, 0.05) is 24.3 Å². The van der Waals surface area contributed by atoms with Crippen LogP contribution in [0.5, 0.6) is 0 Å². The van der Waals surface area contributed by atoms with E-state index in [0.717, 1.165) is 16.8 Å². The summed E-state index contributed by atoms with van der Waals surface area (Å²) in [7, 11) is 0. The van der Waals surface area contributed by atoms with Gasteiger partial charge in [0.15, 0.2) is 0 Å². The van der Waals surface area contributed by atoms with Gasteiger partial charge < -0.3 is 10.2 Å². The standard InChI is InChI=1S/C20H19N3O2/c1-13-5-3-8-18(14(13)2)23-12-16(10-19(23)24)20(25)22-17-7-4-6-15(9-17)11-21/h3-9,16H,10,12H2,1-2H3,(H,22,25). The lowest BCUT2D eigenvalue weighted by atomic mass is 10.1.